The normalized spacial score (nSPS) is 20.5. The Balaban J connectivity index is 2.26. The molecule has 0 bridgehead atoms. The SMILES string of the molecule is O=C1CC(c2cccc(F)c2)CC(=O)C1=CO. The zero-order chi connectivity index (χ0) is 12.4. The second kappa shape index (κ2) is 4.49. The number of rotatable bonds is 1. The van der Waals surface area contributed by atoms with E-state index in [1.54, 1.807) is 12.1 Å². The molecule has 1 N–H and O–H groups in total. The maximum Gasteiger partial charge on any atom is 0.170 e. The van der Waals surface area contributed by atoms with Crippen LogP contribution in [0.3, 0.4) is 0 Å². The molecular formula is C13H11FO3. The Labute approximate surface area is 97.6 Å². The summed E-state index contributed by atoms with van der Waals surface area (Å²) in [6.07, 6.45) is 0.815. The first kappa shape index (κ1) is 11.5. The van der Waals surface area contributed by atoms with Crippen LogP contribution in [-0.2, 0) is 9.59 Å². The van der Waals surface area contributed by atoms with Gasteiger partial charge in [-0.15, -0.1) is 0 Å². The molecule has 0 atom stereocenters. The fraction of sp³-hybridized carbons (Fsp3) is 0.231. The summed E-state index contributed by atoms with van der Waals surface area (Å²) in [4.78, 5) is 23.1. The monoisotopic (exact) mass is 234 g/mol. The Hall–Kier alpha value is -1.97. The molecule has 17 heavy (non-hydrogen) atoms. The number of benzene rings is 1. The van der Waals surface area contributed by atoms with Crippen LogP contribution in [0.4, 0.5) is 4.39 Å². The minimum absolute atomic E-state index is 0.127. The van der Waals surface area contributed by atoms with E-state index in [9.17, 15) is 14.0 Å². The fourth-order valence-electron chi connectivity index (χ4n) is 2.04. The van der Waals surface area contributed by atoms with Crippen molar-refractivity contribution in [2.45, 2.75) is 18.8 Å². The van der Waals surface area contributed by atoms with Crippen LogP contribution >= 0.6 is 0 Å². The van der Waals surface area contributed by atoms with Crippen molar-refractivity contribution in [1.29, 1.82) is 0 Å². The predicted molar refractivity (Wildman–Crippen MR) is 59.1 cm³/mol. The van der Waals surface area contributed by atoms with Crippen molar-refractivity contribution in [2.24, 2.45) is 0 Å². The first-order valence-corrected chi connectivity index (χ1v) is 5.28. The predicted octanol–water partition coefficient (Wildman–Crippen LogP) is 2.28. The number of Topliss-reactive ketones (excluding diaryl/α,β-unsaturated/α-hetero) is 2. The molecule has 0 aromatic heterocycles. The van der Waals surface area contributed by atoms with Crippen molar-refractivity contribution in [2.75, 3.05) is 0 Å². The molecule has 0 heterocycles. The van der Waals surface area contributed by atoms with E-state index >= 15 is 0 Å². The zero-order valence-corrected chi connectivity index (χ0v) is 9.02. The van der Waals surface area contributed by atoms with E-state index in [1.165, 1.54) is 12.1 Å². The molecule has 0 radical (unpaired) electrons. The van der Waals surface area contributed by atoms with Crippen LogP contribution in [0.25, 0.3) is 0 Å². The van der Waals surface area contributed by atoms with Gasteiger partial charge in [0.15, 0.2) is 11.6 Å². The summed E-state index contributed by atoms with van der Waals surface area (Å²) >= 11 is 0. The number of hydrogen-bond donors (Lipinski definition) is 1. The maximum atomic E-state index is 13.0. The second-order valence-corrected chi connectivity index (χ2v) is 4.05. The Morgan fingerprint density at radius 3 is 2.41 bits per heavy atom. The van der Waals surface area contributed by atoms with E-state index in [1.807, 2.05) is 0 Å². The second-order valence-electron chi connectivity index (χ2n) is 4.05. The zero-order valence-electron chi connectivity index (χ0n) is 9.02. The van der Waals surface area contributed by atoms with Gasteiger partial charge in [0.2, 0.25) is 0 Å². The fourth-order valence-corrected chi connectivity index (χ4v) is 2.04. The lowest BCUT2D eigenvalue weighted by atomic mass is 9.80. The smallest absolute Gasteiger partial charge is 0.170 e. The van der Waals surface area contributed by atoms with Crippen LogP contribution < -0.4 is 0 Å². The molecule has 1 aliphatic rings. The van der Waals surface area contributed by atoms with Crippen molar-refractivity contribution >= 4 is 11.6 Å². The summed E-state index contributed by atoms with van der Waals surface area (Å²) in [7, 11) is 0. The van der Waals surface area contributed by atoms with Crippen LogP contribution in [0.1, 0.15) is 24.3 Å². The molecule has 0 spiro atoms. The Morgan fingerprint density at radius 2 is 1.88 bits per heavy atom. The number of ketones is 2. The number of aliphatic hydroxyl groups excluding tert-OH is 1. The summed E-state index contributed by atoms with van der Waals surface area (Å²) in [5.41, 5.74) is 0.487. The van der Waals surface area contributed by atoms with Crippen LogP contribution in [-0.4, -0.2) is 16.7 Å². The van der Waals surface area contributed by atoms with Crippen molar-refractivity contribution < 1.29 is 19.1 Å². The third-order valence-corrected chi connectivity index (χ3v) is 2.91. The molecule has 4 heteroatoms. The molecule has 1 fully saturated rings. The highest BCUT2D eigenvalue weighted by Gasteiger charge is 2.31. The molecule has 1 aromatic carbocycles. The van der Waals surface area contributed by atoms with Crippen LogP contribution in [0.15, 0.2) is 36.1 Å². The number of carbonyl (C=O) groups excluding carboxylic acids is 2. The number of carbonyl (C=O) groups is 2. The van der Waals surface area contributed by atoms with Gasteiger partial charge in [-0.3, -0.25) is 9.59 Å². The molecule has 1 aliphatic carbocycles. The molecule has 0 aliphatic heterocycles. The van der Waals surface area contributed by atoms with Crippen LogP contribution in [0, 0.1) is 5.82 Å². The first-order chi connectivity index (χ1) is 8.11. The van der Waals surface area contributed by atoms with Gasteiger partial charge in [0.05, 0.1) is 11.8 Å². The van der Waals surface area contributed by atoms with E-state index in [2.05, 4.69) is 0 Å². The Bertz CT molecular complexity index is 485. The van der Waals surface area contributed by atoms with Gasteiger partial charge < -0.3 is 5.11 Å². The third-order valence-electron chi connectivity index (χ3n) is 2.91. The highest BCUT2D eigenvalue weighted by atomic mass is 19.1. The maximum absolute atomic E-state index is 13.0. The summed E-state index contributed by atoms with van der Waals surface area (Å²) in [5, 5.41) is 8.77. The number of aliphatic hydroxyl groups is 1. The summed E-state index contributed by atoms with van der Waals surface area (Å²) < 4.78 is 13.0. The number of allylic oxidation sites excluding steroid dienone is 1. The largest absolute Gasteiger partial charge is 0.515 e. The van der Waals surface area contributed by atoms with E-state index in [-0.39, 0.29) is 30.1 Å². The van der Waals surface area contributed by atoms with Gasteiger partial charge in [-0.05, 0) is 23.6 Å². The molecule has 88 valence electrons. The molecule has 0 unspecified atom stereocenters. The molecule has 2 rings (SSSR count). The van der Waals surface area contributed by atoms with Crippen molar-refractivity contribution in [3.8, 4) is 0 Å². The lowest BCUT2D eigenvalue weighted by Gasteiger charge is -2.21. The standard InChI is InChI=1S/C13H11FO3/c14-10-3-1-2-8(4-10)9-5-12(16)11(7-15)13(17)6-9/h1-4,7,9,15H,5-6H2. The Morgan fingerprint density at radius 1 is 1.24 bits per heavy atom. The molecule has 1 saturated carbocycles. The molecule has 0 amide bonds. The van der Waals surface area contributed by atoms with E-state index in [0.717, 1.165) is 0 Å². The highest BCUT2D eigenvalue weighted by Crippen LogP contribution is 2.31. The van der Waals surface area contributed by atoms with Gasteiger partial charge in [-0.25, -0.2) is 4.39 Å². The van der Waals surface area contributed by atoms with Crippen molar-refractivity contribution in [3.63, 3.8) is 0 Å². The average Bonchev–Trinajstić information content (AvgIpc) is 2.28. The van der Waals surface area contributed by atoms with Crippen molar-refractivity contribution in [3.05, 3.63) is 47.5 Å². The Kier molecular flexibility index (Phi) is 3.04. The molecular weight excluding hydrogens is 223 g/mol. The third kappa shape index (κ3) is 2.25. The van der Waals surface area contributed by atoms with Gasteiger partial charge in [0, 0.05) is 12.8 Å². The minimum Gasteiger partial charge on any atom is -0.515 e. The van der Waals surface area contributed by atoms with Crippen LogP contribution in [0.2, 0.25) is 0 Å². The van der Waals surface area contributed by atoms with Gasteiger partial charge in [-0.2, -0.15) is 0 Å². The topological polar surface area (TPSA) is 54.4 Å². The highest BCUT2D eigenvalue weighted by molar-refractivity contribution is 6.22. The van der Waals surface area contributed by atoms with E-state index in [4.69, 9.17) is 5.11 Å². The lowest BCUT2D eigenvalue weighted by molar-refractivity contribution is -0.124. The van der Waals surface area contributed by atoms with Crippen LogP contribution in [0.5, 0.6) is 0 Å². The molecule has 3 nitrogen and oxygen atoms in total. The van der Waals surface area contributed by atoms with E-state index < -0.39 is 11.6 Å². The summed E-state index contributed by atoms with van der Waals surface area (Å²) in [5.74, 6) is -1.46. The van der Waals surface area contributed by atoms with Crippen molar-refractivity contribution in [1.82, 2.24) is 0 Å². The van der Waals surface area contributed by atoms with Gasteiger partial charge >= 0.3 is 0 Å². The van der Waals surface area contributed by atoms with Gasteiger partial charge in [0.25, 0.3) is 0 Å². The average molecular weight is 234 g/mol. The van der Waals surface area contributed by atoms with Gasteiger partial charge in [-0.1, -0.05) is 12.1 Å². The van der Waals surface area contributed by atoms with Gasteiger partial charge in [0.1, 0.15) is 5.82 Å². The first-order valence-electron chi connectivity index (χ1n) is 5.28. The quantitative estimate of drug-likeness (QED) is 0.460. The summed E-state index contributed by atoms with van der Waals surface area (Å²) in [6.45, 7) is 0. The minimum atomic E-state index is -0.391. The molecule has 1 aromatic rings. The number of hydrogen-bond acceptors (Lipinski definition) is 3. The number of halogens is 1. The molecule has 0 saturated heterocycles. The lowest BCUT2D eigenvalue weighted by Crippen LogP contribution is -2.24. The summed E-state index contributed by atoms with van der Waals surface area (Å²) in [6, 6.07) is 5.90. The van der Waals surface area contributed by atoms with E-state index in [0.29, 0.717) is 11.8 Å².